The molecule has 0 radical (unpaired) electrons. The molecule has 0 aromatic rings. The zero-order valence-electron chi connectivity index (χ0n) is 7.93. The van der Waals surface area contributed by atoms with Crippen LogP contribution in [0.2, 0.25) is 0 Å². The normalized spacial score (nSPS) is 12.9. The van der Waals surface area contributed by atoms with Crippen molar-refractivity contribution in [2.45, 2.75) is 0 Å². The summed E-state index contributed by atoms with van der Waals surface area (Å²) in [6.45, 7) is 0. The molecule has 0 bridgehead atoms. The number of carbonyl (C=O) groups is 3. The first kappa shape index (κ1) is 13.5. The van der Waals surface area contributed by atoms with Gasteiger partial charge >= 0.3 is 43.8 Å². The van der Waals surface area contributed by atoms with Crippen LogP contribution in [0.25, 0.3) is 0 Å². The molecule has 0 amide bonds. The van der Waals surface area contributed by atoms with Crippen LogP contribution >= 0.6 is 0 Å². The second-order valence-corrected chi connectivity index (χ2v) is 4.03. The monoisotopic (exact) mass is 247 g/mol. The molecule has 4 heteroatoms. The van der Waals surface area contributed by atoms with E-state index in [2.05, 4.69) is 0 Å². The summed E-state index contributed by atoms with van der Waals surface area (Å²) in [5.41, 5.74) is 0. The van der Waals surface area contributed by atoms with E-state index >= 15 is 0 Å². The Kier molecular flexibility index (Phi) is 9.51. The summed E-state index contributed by atoms with van der Waals surface area (Å²) in [6, 6.07) is 0. The zero-order valence-corrected chi connectivity index (χ0v) is 9.03. The van der Waals surface area contributed by atoms with E-state index in [0.29, 0.717) is 15.6 Å². The average Bonchev–Trinajstić information content (AvgIpc) is 2.20. The van der Waals surface area contributed by atoms with Gasteiger partial charge in [-0.25, -0.2) is 0 Å². The van der Waals surface area contributed by atoms with Gasteiger partial charge in [0.15, 0.2) is 0 Å². The molecule has 0 aromatic carbocycles. The fourth-order valence-corrected chi connectivity index (χ4v) is 0.756. The van der Waals surface area contributed by atoms with Gasteiger partial charge < -0.3 is 0 Å². The quantitative estimate of drug-likeness (QED) is 0.559. The molecule has 0 unspecified atom stereocenters. The summed E-state index contributed by atoms with van der Waals surface area (Å²) in [7, 11) is 0. The molecular formula is C11H11FeO3. The maximum atomic E-state index is 9.54. The Bertz CT molecular complexity index is 239. The molecule has 3 nitrogen and oxygen atoms in total. The summed E-state index contributed by atoms with van der Waals surface area (Å²) in [4.78, 5) is 28.6. The van der Waals surface area contributed by atoms with Crippen molar-refractivity contribution in [3.05, 3.63) is 48.6 Å². The zero-order chi connectivity index (χ0) is 11.4. The molecule has 1 rings (SSSR count). The van der Waals surface area contributed by atoms with Crippen LogP contribution in [0, 0.1) is 0 Å². The van der Waals surface area contributed by atoms with Gasteiger partial charge in [-0.2, -0.15) is 0 Å². The van der Waals surface area contributed by atoms with E-state index in [9.17, 15) is 14.4 Å². The van der Waals surface area contributed by atoms with Crippen LogP contribution in [0.15, 0.2) is 48.6 Å². The Labute approximate surface area is 92.7 Å². The molecular weight excluding hydrogens is 236 g/mol. The predicted octanol–water partition coefficient (Wildman–Crippen LogP) is 1.40. The SMILES string of the molecule is C1=CC=CC=CC=C1.O=[CH][Fe]([CH]=O)[CH]=O. The van der Waals surface area contributed by atoms with Crippen LogP contribution in [0.1, 0.15) is 0 Å². The molecule has 0 spiro atoms. The van der Waals surface area contributed by atoms with Gasteiger partial charge in [0.25, 0.3) is 0 Å². The molecule has 15 heavy (non-hydrogen) atoms. The van der Waals surface area contributed by atoms with Crippen molar-refractivity contribution in [1.29, 1.82) is 0 Å². The van der Waals surface area contributed by atoms with E-state index in [1.165, 1.54) is 0 Å². The number of allylic oxidation sites excluding steroid dienone is 8. The third-order valence-electron chi connectivity index (χ3n) is 1.18. The Morgan fingerprint density at radius 2 is 0.733 bits per heavy atom. The van der Waals surface area contributed by atoms with Crippen molar-refractivity contribution in [2.24, 2.45) is 0 Å². The van der Waals surface area contributed by atoms with Crippen molar-refractivity contribution in [1.82, 2.24) is 0 Å². The molecule has 1 aliphatic carbocycles. The number of carbonyl (C=O) groups excluding carboxylic acids is 3. The Hall–Kier alpha value is -1.51. The van der Waals surface area contributed by atoms with Crippen molar-refractivity contribution in [3.8, 4) is 0 Å². The number of hydrogen-bond donors (Lipinski definition) is 0. The molecule has 81 valence electrons. The molecule has 0 fully saturated rings. The van der Waals surface area contributed by atoms with Crippen LogP contribution in [0.3, 0.4) is 0 Å². The molecule has 0 atom stereocenters. The summed E-state index contributed by atoms with van der Waals surface area (Å²) < 4.78 is 0. The summed E-state index contributed by atoms with van der Waals surface area (Å²) in [5, 5.41) is 1.12. The fourth-order valence-electron chi connectivity index (χ4n) is 0.572. The van der Waals surface area contributed by atoms with Crippen LogP contribution in [0.5, 0.6) is 0 Å². The fraction of sp³-hybridized carbons (Fsp3) is 0. The predicted molar refractivity (Wildman–Crippen MR) is 56.8 cm³/mol. The summed E-state index contributed by atoms with van der Waals surface area (Å²) in [6.07, 6.45) is 16.0. The molecule has 1 aliphatic rings. The topological polar surface area (TPSA) is 51.2 Å². The minimum absolute atomic E-state index is 0.375. The van der Waals surface area contributed by atoms with Gasteiger partial charge in [0, 0.05) is 0 Å². The van der Waals surface area contributed by atoms with E-state index < -0.39 is 13.9 Å². The van der Waals surface area contributed by atoms with Crippen LogP contribution < -0.4 is 0 Å². The molecule has 0 saturated heterocycles. The third kappa shape index (κ3) is 8.81. The third-order valence-corrected chi connectivity index (χ3v) is 2.08. The van der Waals surface area contributed by atoms with Gasteiger partial charge in [-0.3, -0.25) is 0 Å². The van der Waals surface area contributed by atoms with Gasteiger partial charge in [0.2, 0.25) is 0 Å². The second kappa shape index (κ2) is 10.6. The van der Waals surface area contributed by atoms with Crippen LogP contribution in [0.4, 0.5) is 0 Å². The first-order chi connectivity index (χ1) is 7.35. The first-order valence-electron chi connectivity index (χ1n) is 3.99. The minimum atomic E-state index is -1.75. The van der Waals surface area contributed by atoms with Gasteiger partial charge in [0.1, 0.15) is 0 Å². The Balaban J connectivity index is 0.000000265. The van der Waals surface area contributed by atoms with E-state index in [1.54, 1.807) is 0 Å². The van der Waals surface area contributed by atoms with E-state index in [0.717, 1.165) is 0 Å². The van der Waals surface area contributed by atoms with Gasteiger partial charge in [-0.1, -0.05) is 48.6 Å². The Morgan fingerprint density at radius 3 is 0.800 bits per heavy atom. The average molecular weight is 247 g/mol. The molecule has 0 N–H and O–H groups in total. The van der Waals surface area contributed by atoms with Crippen molar-refractivity contribution in [3.63, 3.8) is 0 Å². The van der Waals surface area contributed by atoms with E-state index in [1.807, 2.05) is 48.6 Å². The van der Waals surface area contributed by atoms with Gasteiger partial charge in [0.05, 0.1) is 0 Å². The van der Waals surface area contributed by atoms with Crippen molar-refractivity contribution in [2.75, 3.05) is 0 Å². The molecule has 0 aliphatic heterocycles. The van der Waals surface area contributed by atoms with Crippen LogP contribution in [-0.4, -0.2) is 15.6 Å². The second-order valence-electron chi connectivity index (χ2n) is 2.14. The molecule has 0 heterocycles. The van der Waals surface area contributed by atoms with E-state index in [-0.39, 0.29) is 0 Å². The number of rotatable bonds is 3. The standard InChI is InChI=1S/C8H8.3CHO.Fe/c1-2-4-6-8-7-5-3-1;3*1-2;/h1-8H;3*1H;. The van der Waals surface area contributed by atoms with Crippen molar-refractivity contribution < 1.29 is 28.3 Å². The first-order valence-corrected chi connectivity index (χ1v) is 5.90. The van der Waals surface area contributed by atoms with Crippen LogP contribution in [-0.2, 0) is 28.3 Å². The van der Waals surface area contributed by atoms with Gasteiger partial charge in [-0.05, 0) is 0 Å². The summed E-state index contributed by atoms with van der Waals surface area (Å²) in [5.74, 6) is 0. The van der Waals surface area contributed by atoms with Gasteiger partial charge in [-0.15, -0.1) is 0 Å². The Morgan fingerprint density at radius 1 is 0.533 bits per heavy atom. The van der Waals surface area contributed by atoms with E-state index in [4.69, 9.17) is 0 Å². The number of hydrogen-bond acceptors (Lipinski definition) is 3. The summed E-state index contributed by atoms with van der Waals surface area (Å²) >= 11 is -1.75. The molecule has 0 aromatic heterocycles. The van der Waals surface area contributed by atoms with Crippen molar-refractivity contribution >= 4 is 15.6 Å². The maximum absolute atomic E-state index is 9.54. The molecule has 0 saturated carbocycles.